The number of methoxy groups -OCH3 is 1. The van der Waals surface area contributed by atoms with Gasteiger partial charge in [-0.2, -0.15) is 0 Å². The lowest BCUT2D eigenvalue weighted by atomic mass is 10.1. The van der Waals surface area contributed by atoms with Crippen molar-refractivity contribution < 1.29 is 13.9 Å². The molecule has 0 amide bonds. The third-order valence-electron chi connectivity index (χ3n) is 2.01. The van der Waals surface area contributed by atoms with Crippen molar-refractivity contribution >= 4 is 5.97 Å². The van der Waals surface area contributed by atoms with Crippen LogP contribution in [0.1, 0.15) is 11.6 Å². The Bertz CT molecular complexity index is 303. The van der Waals surface area contributed by atoms with E-state index in [2.05, 4.69) is 10.1 Å². The van der Waals surface area contributed by atoms with Crippen molar-refractivity contribution in [3.8, 4) is 0 Å². The number of nitrogens with one attached hydrogen (secondary N) is 1. The molecule has 0 fully saturated rings. The molecule has 1 N–H and O–H groups in total. The molecule has 0 aliphatic carbocycles. The summed E-state index contributed by atoms with van der Waals surface area (Å²) < 4.78 is 16.7. The molecule has 1 unspecified atom stereocenters. The first-order valence-corrected chi connectivity index (χ1v) is 4.71. The van der Waals surface area contributed by atoms with Gasteiger partial charge in [0.05, 0.1) is 7.11 Å². The molecule has 0 spiro atoms. The number of hydrogen-bond donors (Lipinski definition) is 1. The standard InChI is InChI=1S/C11H14FNO2/c1-15-11(14)10(13-8-7-12)9-5-3-2-4-6-9/h2-6,10,13H,7-8H2,1H3. The molecule has 1 rings (SSSR count). The van der Waals surface area contributed by atoms with Gasteiger partial charge in [-0.05, 0) is 5.56 Å². The third kappa shape index (κ3) is 3.32. The summed E-state index contributed by atoms with van der Waals surface area (Å²) in [6.07, 6.45) is 0. The Balaban J connectivity index is 2.76. The van der Waals surface area contributed by atoms with Crippen molar-refractivity contribution in [1.29, 1.82) is 0 Å². The fraction of sp³-hybridized carbons (Fsp3) is 0.364. The molecule has 1 aromatic rings. The molecule has 1 aromatic carbocycles. The lowest BCUT2D eigenvalue weighted by Gasteiger charge is -2.15. The van der Waals surface area contributed by atoms with Crippen LogP contribution in [-0.2, 0) is 9.53 Å². The average Bonchev–Trinajstić information content (AvgIpc) is 2.30. The fourth-order valence-electron chi connectivity index (χ4n) is 1.30. The van der Waals surface area contributed by atoms with Crippen LogP contribution < -0.4 is 5.32 Å². The predicted octanol–water partition coefficient (Wildman–Crippen LogP) is 1.46. The van der Waals surface area contributed by atoms with E-state index in [0.29, 0.717) is 0 Å². The Morgan fingerprint density at radius 1 is 1.47 bits per heavy atom. The van der Waals surface area contributed by atoms with E-state index in [4.69, 9.17) is 0 Å². The fourth-order valence-corrected chi connectivity index (χ4v) is 1.30. The molecule has 3 nitrogen and oxygen atoms in total. The molecule has 0 bridgehead atoms. The monoisotopic (exact) mass is 211 g/mol. The highest BCUT2D eigenvalue weighted by Gasteiger charge is 2.19. The molecule has 0 aliphatic rings. The minimum absolute atomic E-state index is 0.134. The van der Waals surface area contributed by atoms with Crippen molar-refractivity contribution in [2.75, 3.05) is 20.3 Å². The number of rotatable bonds is 5. The smallest absolute Gasteiger partial charge is 0.327 e. The number of halogens is 1. The number of benzene rings is 1. The van der Waals surface area contributed by atoms with Crippen LogP contribution in [0.4, 0.5) is 4.39 Å². The zero-order valence-electron chi connectivity index (χ0n) is 8.57. The van der Waals surface area contributed by atoms with E-state index in [1.165, 1.54) is 7.11 Å². The van der Waals surface area contributed by atoms with Crippen molar-refractivity contribution in [2.45, 2.75) is 6.04 Å². The molecule has 0 saturated carbocycles. The summed E-state index contributed by atoms with van der Waals surface area (Å²) in [4.78, 5) is 11.4. The van der Waals surface area contributed by atoms with Gasteiger partial charge in [0.2, 0.25) is 0 Å². The molecule has 0 radical (unpaired) electrons. The van der Waals surface area contributed by atoms with E-state index < -0.39 is 18.7 Å². The second-order valence-corrected chi connectivity index (χ2v) is 3.01. The summed E-state index contributed by atoms with van der Waals surface area (Å²) in [5, 5.41) is 2.79. The van der Waals surface area contributed by atoms with Crippen molar-refractivity contribution in [3.63, 3.8) is 0 Å². The van der Waals surface area contributed by atoms with Crippen molar-refractivity contribution in [2.24, 2.45) is 0 Å². The number of alkyl halides is 1. The van der Waals surface area contributed by atoms with Gasteiger partial charge in [0.1, 0.15) is 12.7 Å². The zero-order valence-corrected chi connectivity index (χ0v) is 8.57. The second kappa shape index (κ2) is 6.14. The van der Waals surface area contributed by atoms with Crippen LogP contribution >= 0.6 is 0 Å². The van der Waals surface area contributed by atoms with Crippen LogP contribution in [0.15, 0.2) is 30.3 Å². The van der Waals surface area contributed by atoms with Gasteiger partial charge in [0.15, 0.2) is 0 Å². The number of carbonyl (C=O) groups is 1. The molecule has 0 heterocycles. The Morgan fingerprint density at radius 2 is 2.13 bits per heavy atom. The number of esters is 1. The molecule has 82 valence electrons. The quantitative estimate of drug-likeness (QED) is 0.749. The summed E-state index contributed by atoms with van der Waals surface area (Å²) in [6.45, 7) is -0.380. The largest absolute Gasteiger partial charge is 0.468 e. The lowest BCUT2D eigenvalue weighted by Crippen LogP contribution is -2.31. The predicted molar refractivity (Wildman–Crippen MR) is 55.2 cm³/mol. The van der Waals surface area contributed by atoms with E-state index in [0.717, 1.165) is 5.56 Å². The highest BCUT2D eigenvalue weighted by Crippen LogP contribution is 2.13. The van der Waals surface area contributed by atoms with Crippen LogP contribution in [0.25, 0.3) is 0 Å². The SMILES string of the molecule is COC(=O)C(NCCF)c1ccccc1. The Labute approximate surface area is 88.2 Å². The molecule has 0 aromatic heterocycles. The Hall–Kier alpha value is -1.42. The van der Waals surface area contributed by atoms with Gasteiger partial charge in [-0.3, -0.25) is 5.32 Å². The zero-order chi connectivity index (χ0) is 11.1. The normalized spacial score (nSPS) is 12.1. The number of hydrogen-bond acceptors (Lipinski definition) is 3. The Morgan fingerprint density at radius 3 is 2.67 bits per heavy atom. The summed E-state index contributed by atoms with van der Waals surface area (Å²) >= 11 is 0. The summed E-state index contributed by atoms with van der Waals surface area (Å²) in [6, 6.07) is 8.50. The van der Waals surface area contributed by atoms with Crippen LogP contribution in [0.5, 0.6) is 0 Å². The van der Waals surface area contributed by atoms with Crippen LogP contribution in [-0.4, -0.2) is 26.3 Å². The van der Waals surface area contributed by atoms with E-state index in [1.807, 2.05) is 18.2 Å². The minimum atomic E-state index is -0.591. The second-order valence-electron chi connectivity index (χ2n) is 3.01. The van der Waals surface area contributed by atoms with Gasteiger partial charge in [-0.25, -0.2) is 9.18 Å². The van der Waals surface area contributed by atoms with E-state index in [1.54, 1.807) is 12.1 Å². The molecule has 0 saturated heterocycles. The van der Waals surface area contributed by atoms with Crippen molar-refractivity contribution in [3.05, 3.63) is 35.9 Å². The molecule has 4 heteroatoms. The maximum absolute atomic E-state index is 12.0. The Kier molecular flexibility index (Phi) is 4.77. The first-order chi connectivity index (χ1) is 7.29. The maximum atomic E-state index is 12.0. The first kappa shape index (κ1) is 11.7. The van der Waals surface area contributed by atoms with E-state index >= 15 is 0 Å². The van der Waals surface area contributed by atoms with Crippen LogP contribution in [0.3, 0.4) is 0 Å². The molecule has 15 heavy (non-hydrogen) atoms. The molecule has 0 aliphatic heterocycles. The van der Waals surface area contributed by atoms with Gasteiger partial charge < -0.3 is 4.74 Å². The maximum Gasteiger partial charge on any atom is 0.327 e. The van der Waals surface area contributed by atoms with Gasteiger partial charge in [-0.15, -0.1) is 0 Å². The van der Waals surface area contributed by atoms with Gasteiger partial charge in [-0.1, -0.05) is 30.3 Å². The van der Waals surface area contributed by atoms with Crippen LogP contribution in [0, 0.1) is 0 Å². The summed E-state index contributed by atoms with van der Waals surface area (Å²) in [7, 11) is 1.31. The summed E-state index contributed by atoms with van der Waals surface area (Å²) in [5.41, 5.74) is 0.776. The van der Waals surface area contributed by atoms with Crippen LogP contribution in [0.2, 0.25) is 0 Å². The van der Waals surface area contributed by atoms with Gasteiger partial charge in [0.25, 0.3) is 0 Å². The topological polar surface area (TPSA) is 38.3 Å². The molecular weight excluding hydrogens is 197 g/mol. The molecule has 1 atom stereocenters. The van der Waals surface area contributed by atoms with Crippen molar-refractivity contribution in [1.82, 2.24) is 5.32 Å². The van der Waals surface area contributed by atoms with E-state index in [-0.39, 0.29) is 6.54 Å². The molecular formula is C11H14FNO2. The van der Waals surface area contributed by atoms with Gasteiger partial charge in [0, 0.05) is 6.54 Å². The third-order valence-corrected chi connectivity index (χ3v) is 2.01. The number of ether oxygens (including phenoxy) is 1. The van der Waals surface area contributed by atoms with E-state index in [9.17, 15) is 9.18 Å². The highest BCUT2D eigenvalue weighted by molar-refractivity contribution is 5.77. The minimum Gasteiger partial charge on any atom is -0.468 e. The average molecular weight is 211 g/mol. The summed E-state index contributed by atoms with van der Waals surface area (Å²) in [5.74, 6) is -0.408. The number of carbonyl (C=O) groups excluding carboxylic acids is 1. The highest BCUT2D eigenvalue weighted by atomic mass is 19.1. The van der Waals surface area contributed by atoms with Gasteiger partial charge >= 0.3 is 5.97 Å². The lowest BCUT2D eigenvalue weighted by molar-refractivity contribution is -0.143. The first-order valence-electron chi connectivity index (χ1n) is 4.71.